The Bertz CT molecular complexity index is 274. The minimum Gasteiger partial charge on any atom is -0.481 e. The maximum atomic E-state index is 11.3. The van der Waals surface area contributed by atoms with Crippen molar-refractivity contribution in [3.05, 3.63) is 0 Å². The predicted octanol–water partition coefficient (Wildman–Crippen LogP) is 2.02. The summed E-state index contributed by atoms with van der Waals surface area (Å²) in [6.45, 7) is 1.49. The van der Waals surface area contributed by atoms with Gasteiger partial charge in [0.25, 0.3) is 0 Å². The van der Waals surface area contributed by atoms with Gasteiger partial charge in [-0.2, -0.15) is 0 Å². The van der Waals surface area contributed by atoms with Crippen molar-refractivity contribution in [2.45, 2.75) is 51.0 Å². The topological polar surface area (TPSA) is 63.6 Å². The third-order valence-corrected chi connectivity index (χ3v) is 3.48. The molecule has 92 valence electrons. The Balaban J connectivity index is 2.96. The number of ether oxygens (including phenoxy) is 1. The van der Waals surface area contributed by atoms with E-state index in [1.165, 1.54) is 14.0 Å². The highest BCUT2D eigenvalue weighted by Gasteiger charge is 2.44. The molecule has 0 radical (unpaired) electrons. The lowest BCUT2D eigenvalue weighted by atomic mass is 9.79. The van der Waals surface area contributed by atoms with Crippen LogP contribution < -0.4 is 0 Å². The quantitative estimate of drug-likeness (QED) is 0.748. The van der Waals surface area contributed by atoms with Gasteiger partial charge in [-0.1, -0.05) is 19.3 Å². The zero-order chi connectivity index (χ0) is 12.2. The van der Waals surface area contributed by atoms with Gasteiger partial charge in [0.2, 0.25) is 0 Å². The monoisotopic (exact) mass is 228 g/mol. The maximum absolute atomic E-state index is 11.3. The summed E-state index contributed by atoms with van der Waals surface area (Å²) in [4.78, 5) is 22.6. The van der Waals surface area contributed by atoms with E-state index in [0.29, 0.717) is 12.8 Å². The Labute approximate surface area is 96.0 Å². The number of aliphatic carboxylic acids is 1. The molecule has 0 aromatic heterocycles. The fourth-order valence-corrected chi connectivity index (χ4v) is 2.68. The second-order valence-corrected chi connectivity index (χ2v) is 4.64. The first-order valence-electron chi connectivity index (χ1n) is 5.79. The molecule has 1 saturated carbocycles. The van der Waals surface area contributed by atoms with Crippen LogP contribution in [0.2, 0.25) is 0 Å². The standard InChI is InChI=1S/C12H20O4/c1-9(13)8-12(16-2)7-5-3-4-6-10(12)11(14)15/h10H,3-8H2,1-2H3,(H,14,15). The highest BCUT2D eigenvalue weighted by Crippen LogP contribution is 2.38. The van der Waals surface area contributed by atoms with Crippen molar-refractivity contribution in [1.29, 1.82) is 0 Å². The first-order chi connectivity index (χ1) is 7.52. The van der Waals surface area contributed by atoms with Gasteiger partial charge in [-0.15, -0.1) is 0 Å². The highest BCUT2D eigenvalue weighted by atomic mass is 16.5. The van der Waals surface area contributed by atoms with Gasteiger partial charge in [0.05, 0.1) is 11.5 Å². The van der Waals surface area contributed by atoms with Crippen LogP contribution in [0.1, 0.15) is 45.4 Å². The largest absolute Gasteiger partial charge is 0.481 e. The summed E-state index contributed by atoms with van der Waals surface area (Å²) in [5.74, 6) is -1.40. The number of carbonyl (C=O) groups excluding carboxylic acids is 1. The second kappa shape index (κ2) is 5.43. The second-order valence-electron chi connectivity index (χ2n) is 4.64. The van der Waals surface area contributed by atoms with Gasteiger partial charge in [-0.25, -0.2) is 0 Å². The molecule has 1 aliphatic carbocycles. The molecule has 0 aromatic rings. The van der Waals surface area contributed by atoms with E-state index >= 15 is 0 Å². The lowest BCUT2D eigenvalue weighted by molar-refractivity contribution is -0.158. The maximum Gasteiger partial charge on any atom is 0.309 e. The molecular formula is C12H20O4. The molecule has 2 unspecified atom stereocenters. The Kier molecular flexibility index (Phi) is 4.47. The molecule has 1 rings (SSSR count). The van der Waals surface area contributed by atoms with Crippen LogP contribution in [0.5, 0.6) is 0 Å². The number of ketones is 1. The molecule has 0 amide bonds. The lowest BCUT2D eigenvalue weighted by Crippen LogP contribution is -2.45. The molecule has 0 aliphatic heterocycles. The molecule has 0 spiro atoms. The molecule has 4 heteroatoms. The van der Waals surface area contributed by atoms with Gasteiger partial charge in [0, 0.05) is 13.5 Å². The molecule has 0 heterocycles. The third kappa shape index (κ3) is 2.82. The molecule has 2 atom stereocenters. The number of carbonyl (C=O) groups is 2. The van der Waals surface area contributed by atoms with Crippen molar-refractivity contribution in [1.82, 2.24) is 0 Å². The zero-order valence-corrected chi connectivity index (χ0v) is 9.99. The van der Waals surface area contributed by atoms with Gasteiger partial charge in [-0.05, 0) is 19.8 Å². The fourth-order valence-electron chi connectivity index (χ4n) is 2.68. The van der Waals surface area contributed by atoms with Crippen LogP contribution in [-0.2, 0) is 14.3 Å². The molecule has 4 nitrogen and oxygen atoms in total. The number of methoxy groups -OCH3 is 1. The number of hydrogen-bond donors (Lipinski definition) is 1. The molecule has 0 bridgehead atoms. The van der Waals surface area contributed by atoms with Crippen LogP contribution >= 0.6 is 0 Å². The SMILES string of the molecule is COC1(CC(C)=O)CCCCCC1C(=O)O. The molecule has 0 aromatic carbocycles. The number of carboxylic acid groups (broad SMARTS) is 1. The van der Waals surface area contributed by atoms with Crippen LogP contribution in [-0.4, -0.2) is 29.6 Å². The van der Waals surface area contributed by atoms with Crippen molar-refractivity contribution in [3.63, 3.8) is 0 Å². The molecule has 1 N–H and O–H groups in total. The first kappa shape index (κ1) is 13.2. The van der Waals surface area contributed by atoms with E-state index in [1.807, 2.05) is 0 Å². The molecule has 16 heavy (non-hydrogen) atoms. The van der Waals surface area contributed by atoms with Crippen LogP contribution in [0.4, 0.5) is 0 Å². The predicted molar refractivity (Wildman–Crippen MR) is 59.2 cm³/mol. The normalized spacial score (nSPS) is 30.8. The van der Waals surface area contributed by atoms with Crippen molar-refractivity contribution in [2.75, 3.05) is 7.11 Å². The average molecular weight is 228 g/mol. The van der Waals surface area contributed by atoms with E-state index in [4.69, 9.17) is 4.74 Å². The number of carboxylic acids is 1. The summed E-state index contributed by atoms with van der Waals surface area (Å²) in [5, 5.41) is 9.25. The van der Waals surface area contributed by atoms with E-state index in [1.54, 1.807) is 0 Å². The molecule has 1 aliphatic rings. The molecular weight excluding hydrogens is 208 g/mol. The summed E-state index contributed by atoms with van der Waals surface area (Å²) in [7, 11) is 1.52. The number of Topliss-reactive ketones (excluding diaryl/α,β-unsaturated/α-hetero) is 1. The van der Waals surface area contributed by atoms with E-state index in [0.717, 1.165) is 19.3 Å². The van der Waals surface area contributed by atoms with E-state index < -0.39 is 17.5 Å². The first-order valence-corrected chi connectivity index (χ1v) is 5.79. The molecule has 1 fully saturated rings. The summed E-state index contributed by atoms with van der Waals surface area (Å²) < 4.78 is 5.44. The summed E-state index contributed by atoms with van der Waals surface area (Å²) in [6, 6.07) is 0. The van der Waals surface area contributed by atoms with E-state index in [-0.39, 0.29) is 12.2 Å². The minimum atomic E-state index is -0.843. The molecule has 0 saturated heterocycles. The average Bonchev–Trinajstić information content (AvgIpc) is 2.40. The van der Waals surface area contributed by atoms with Crippen molar-refractivity contribution < 1.29 is 19.4 Å². The van der Waals surface area contributed by atoms with Gasteiger partial charge in [-0.3, -0.25) is 9.59 Å². The van der Waals surface area contributed by atoms with Crippen LogP contribution in [0, 0.1) is 5.92 Å². The third-order valence-electron chi connectivity index (χ3n) is 3.48. The Morgan fingerprint density at radius 1 is 1.38 bits per heavy atom. The van der Waals surface area contributed by atoms with Gasteiger partial charge in [0.1, 0.15) is 5.78 Å². The Morgan fingerprint density at radius 3 is 2.56 bits per heavy atom. The number of rotatable bonds is 4. The smallest absolute Gasteiger partial charge is 0.309 e. The minimum absolute atomic E-state index is 0.00463. The van der Waals surface area contributed by atoms with E-state index in [2.05, 4.69) is 0 Å². The van der Waals surface area contributed by atoms with Crippen LogP contribution in [0.15, 0.2) is 0 Å². The summed E-state index contributed by atoms with van der Waals surface area (Å²) in [5.41, 5.74) is -0.784. The zero-order valence-electron chi connectivity index (χ0n) is 9.99. The summed E-state index contributed by atoms with van der Waals surface area (Å²) in [6.07, 6.45) is 4.34. The summed E-state index contributed by atoms with van der Waals surface area (Å²) >= 11 is 0. The van der Waals surface area contributed by atoms with Crippen molar-refractivity contribution >= 4 is 11.8 Å². The Hall–Kier alpha value is -0.900. The van der Waals surface area contributed by atoms with Crippen LogP contribution in [0.25, 0.3) is 0 Å². The van der Waals surface area contributed by atoms with Gasteiger partial charge < -0.3 is 9.84 Å². The van der Waals surface area contributed by atoms with E-state index in [9.17, 15) is 14.7 Å². The van der Waals surface area contributed by atoms with Crippen molar-refractivity contribution in [3.8, 4) is 0 Å². The lowest BCUT2D eigenvalue weighted by Gasteiger charge is -2.35. The fraction of sp³-hybridized carbons (Fsp3) is 0.833. The highest BCUT2D eigenvalue weighted by molar-refractivity contribution is 5.79. The van der Waals surface area contributed by atoms with Gasteiger partial charge >= 0.3 is 5.97 Å². The Morgan fingerprint density at radius 2 is 2.06 bits per heavy atom. The van der Waals surface area contributed by atoms with Gasteiger partial charge in [0.15, 0.2) is 0 Å². The number of hydrogen-bond acceptors (Lipinski definition) is 3. The van der Waals surface area contributed by atoms with Crippen LogP contribution in [0.3, 0.4) is 0 Å². The van der Waals surface area contributed by atoms with Crippen molar-refractivity contribution in [2.24, 2.45) is 5.92 Å².